The molecule has 1 atom stereocenters. The molecule has 1 unspecified atom stereocenters. The van der Waals surface area contributed by atoms with Crippen molar-refractivity contribution >= 4 is 10.8 Å². The first-order valence-electron chi connectivity index (χ1n) is 5.68. The molecule has 1 N–H and O–H groups in total. The van der Waals surface area contributed by atoms with Crippen molar-refractivity contribution in [3.8, 4) is 0 Å². The van der Waals surface area contributed by atoms with Crippen LogP contribution in [0.3, 0.4) is 0 Å². The van der Waals surface area contributed by atoms with Gasteiger partial charge in [-0.05, 0) is 37.6 Å². The van der Waals surface area contributed by atoms with Crippen molar-refractivity contribution in [3.63, 3.8) is 0 Å². The molecule has 0 saturated carbocycles. The molecule has 0 radical (unpaired) electrons. The summed E-state index contributed by atoms with van der Waals surface area (Å²) >= 11 is 0. The molecule has 98 valence electrons. The maximum absolute atomic E-state index is 11.0. The lowest BCUT2D eigenvalue weighted by molar-refractivity contribution is 0.407. The summed E-state index contributed by atoms with van der Waals surface area (Å²) in [6.07, 6.45) is 2.54. The predicted molar refractivity (Wildman–Crippen MR) is 68.0 cm³/mol. The SMILES string of the molecule is CS(=O)CCCn1nnnc1CNC(C)(C)C. The van der Waals surface area contributed by atoms with Crippen LogP contribution in [0.4, 0.5) is 0 Å². The van der Waals surface area contributed by atoms with Crippen molar-refractivity contribution in [2.75, 3.05) is 12.0 Å². The van der Waals surface area contributed by atoms with Crippen molar-refractivity contribution in [1.29, 1.82) is 0 Å². The highest BCUT2D eigenvalue weighted by Gasteiger charge is 2.12. The van der Waals surface area contributed by atoms with E-state index < -0.39 is 10.8 Å². The summed E-state index contributed by atoms with van der Waals surface area (Å²) in [6, 6.07) is 0. The van der Waals surface area contributed by atoms with Crippen LogP contribution in [0.15, 0.2) is 0 Å². The summed E-state index contributed by atoms with van der Waals surface area (Å²) in [5.74, 6) is 1.51. The molecule has 0 fully saturated rings. The van der Waals surface area contributed by atoms with Crippen LogP contribution < -0.4 is 5.32 Å². The van der Waals surface area contributed by atoms with Crippen molar-refractivity contribution in [3.05, 3.63) is 5.82 Å². The van der Waals surface area contributed by atoms with Crippen molar-refractivity contribution in [2.45, 2.75) is 45.8 Å². The number of hydrogen-bond acceptors (Lipinski definition) is 5. The highest BCUT2D eigenvalue weighted by Crippen LogP contribution is 2.02. The molecule has 0 aliphatic heterocycles. The molecule has 17 heavy (non-hydrogen) atoms. The Morgan fingerprint density at radius 2 is 2.12 bits per heavy atom. The summed E-state index contributed by atoms with van der Waals surface area (Å²) in [7, 11) is -0.749. The minimum absolute atomic E-state index is 0.0433. The predicted octanol–water partition coefficient (Wildman–Crippen LogP) is 0.330. The molecule has 0 aliphatic rings. The smallest absolute Gasteiger partial charge is 0.165 e. The van der Waals surface area contributed by atoms with E-state index in [9.17, 15) is 4.21 Å². The van der Waals surface area contributed by atoms with Crippen LogP contribution in [0, 0.1) is 0 Å². The average Bonchev–Trinajstić information content (AvgIpc) is 2.61. The van der Waals surface area contributed by atoms with Crippen molar-refractivity contribution in [2.24, 2.45) is 0 Å². The molecule has 0 saturated heterocycles. The third kappa shape index (κ3) is 5.88. The molecule has 1 aromatic heterocycles. The molecule has 0 spiro atoms. The van der Waals surface area contributed by atoms with Gasteiger partial charge in [0.2, 0.25) is 0 Å². The fourth-order valence-corrected chi connectivity index (χ4v) is 1.82. The Bertz CT molecular complexity index is 371. The molecular weight excluding hydrogens is 238 g/mol. The monoisotopic (exact) mass is 259 g/mol. The number of aromatic nitrogens is 4. The minimum Gasteiger partial charge on any atom is -0.305 e. The van der Waals surface area contributed by atoms with Crippen molar-refractivity contribution < 1.29 is 4.21 Å². The maximum atomic E-state index is 11.0. The summed E-state index contributed by atoms with van der Waals surface area (Å²) in [5.41, 5.74) is 0.0433. The number of hydrogen-bond donors (Lipinski definition) is 1. The van der Waals surface area contributed by atoms with E-state index in [2.05, 4.69) is 41.6 Å². The summed E-state index contributed by atoms with van der Waals surface area (Å²) in [5, 5.41) is 14.9. The first-order valence-corrected chi connectivity index (χ1v) is 7.41. The molecular formula is C10H21N5OS. The van der Waals surface area contributed by atoms with E-state index >= 15 is 0 Å². The number of nitrogens with one attached hydrogen (secondary N) is 1. The fourth-order valence-electron chi connectivity index (χ4n) is 1.29. The van der Waals surface area contributed by atoms with Gasteiger partial charge < -0.3 is 5.32 Å². The van der Waals surface area contributed by atoms with E-state index in [-0.39, 0.29) is 5.54 Å². The number of nitrogens with zero attached hydrogens (tertiary/aromatic N) is 4. The van der Waals surface area contributed by atoms with Gasteiger partial charge >= 0.3 is 0 Å². The van der Waals surface area contributed by atoms with Gasteiger partial charge in [0.25, 0.3) is 0 Å². The molecule has 7 heteroatoms. The van der Waals surface area contributed by atoms with Crippen molar-refractivity contribution in [1.82, 2.24) is 25.5 Å². The molecule has 1 rings (SSSR count). The van der Waals surface area contributed by atoms with Gasteiger partial charge in [-0.1, -0.05) is 0 Å². The van der Waals surface area contributed by atoms with E-state index in [1.54, 1.807) is 10.9 Å². The molecule has 1 heterocycles. The number of aryl methyl sites for hydroxylation is 1. The van der Waals surface area contributed by atoms with Crippen LogP contribution in [-0.4, -0.2) is 42.0 Å². The van der Waals surface area contributed by atoms with Gasteiger partial charge in [0, 0.05) is 34.9 Å². The summed E-state index contributed by atoms with van der Waals surface area (Å²) in [6.45, 7) is 7.66. The molecule has 0 aliphatic carbocycles. The van der Waals surface area contributed by atoms with Gasteiger partial charge in [-0.25, -0.2) is 4.68 Å². The average molecular weight is 259 g/mol. The maximum Gasteiger partial charge on any atom is 0.165 e. The van der Waals surface area contributed by atoms with Gasteiger partial charge in [-0.3, -0.25) is 4.21 Å². The second kappa shape index (κ2) is 6.20. The number of tetrazole rings is 1. The molecule has 0 aromatic carbocycles. The second-order valence-electron chi connectivity index (χ2n) is 5.05. The Balaban J connectivity index is 2.45. The highest BCUT2D eigenvalue weighted by molar-refractivity contribution is 7.84. The van der Waals surface area contributed by atoms with E-state index in [1.807, 2.05) is 0 Å². The molecule has 1 aromatic rings. The van der Waals surface area contributed by atoms with Gasteiger partial charge in [-0.2, -0.15) is 0 Å². The van der Waals surface area contributed by atoms with Gasteiger partial charge in [0.15, 0.2) is 5.82 Å². The lowest BCUT2D eigenvalue weighted by atomic mass is 10.1. The Kier molecular flexibility index (Phi) is 5.20. The number of rotatable bonds is 6. The standard InChI is InChI=1S/C10H21N5OS/c1-10(2,3)11-8-9-12-13-14-15(9)6-5-7-17(4)16/h11H,5-8H2,1-4H3. The van der Waals surface area contributed by atoms with E-state index in [0.717, 1.165) is 12.2 Å². The lowest BCUT2D eigenvalue weighted by Crippen LogP contribution is -2.36. The fraction of sp³-hybridized carbons (Fsp3) is 0.900. The Morgan fingerprint density at radius 1 is 1.41 bits per heavy atom. The zero-order chi connectivity index (χ0) is 12.9. The van der Waals surface area contributed by atoms with Gasteiger partial charge in [0.1, 0.15) is 0 Å². The normalized spacial score (nSPS) is 13.9. The van der Waals surface area contributed by atoms with Crippen LogP contribution in [0.25, 0.3) is 0 Å². The van der Waals surface area contributed by atoms with Crippen LogP contribution in [-0.2, 0) is 23.9 Å². The van der Waals surface area contributed by atoms with Gasteiger partial charge in [-0.15, -0.1) is 5.10 Å². The molecule has 6 nitrogen and oxygen atoms in total. The first kappa shape index (κ1) is 14.2. The second-order valence-corrected chi connectivity index (χ2v) is 6.61. The van der Waals surface area contributed by atoms with Crippen LogP contribution in [0.1, 0.15) is 33.0 Å². The molecule has 0 bridgehead atoms. The summed E-state index contributed by atoms with van der Waals surface area (Å²) < 4.78 is 12.7. The van der Waals surface area contributed by atoms with Crippen LogP contribution >= 0.6 is 0 Å². The molecule has 0 amide bonds. The Labute approximate surface area is 105 Å². The van der Waals surface area contributed by atoms with E-state index in [0.29, 0.717) is 18.8 Å². The quantitative estimate of drug-likeness (QED) is 0.797. The van der Waals surface area contributed by atoms with E-state index in [1.165, 1.54) is 0 Å². The Hall–Kier alpha value is -0.820. The van der Waals surface area contributed by atoms with Crippen LogP contribution in [0.5, 0.6) is 0 Å². The zero-order valence-electron chi connectivity index (χ0n) is 10.9. The third-order valence-corrected chi connectivity index (χ3v) is 3.05. The first-order chi connectivity index (χ1) is 7.88. The highest BCUT2D eigenvalue weighted by atomic mass is 32.2. The topological polar surface area (TPSA) is 72.7 Å². The van der Waals surface area contributed by atoms with E-state index in [4.69, 9.17) is 0 Å². The third-order valence-electron chi connectivity index (χ3n) is 2.18. The van der Waals surface area contributed by atoms with Gasteiger partial charge in [0.05, 0.1) is 6.54 Å². The largest absolute Gasteiger partial charge is 0.305 e. The van der Waals surface area contributed by atoms with Crippen LogP contribution in [0.2, 0.25) is 0 Å². The minimum atomic E-state index is -0.749. The zero-order valence-corrected chi connectivity index (χ0v) is 11.8. The summed E-state index contributed by atoms with van der Waals surface area (Å²) in [4.78, 5) is 0. The lowest BCUT2D eigenvalue weighted by Gasteiger charge is -2.19. The Morgan fingerprint density at radius 3 is 2.71 bits per heavy atom.